The van der Waals surface area contributed by atoms with Gasteiger partial charge in [-0.2, -0.15) is 0 Å². The molecule has 0 unspecified atom stereocenters. The predicted molar refractivity (Wildman–Crippen MR) is 44.5 cm³/mol. The molecule has 0 aromatic carbocycles. The largest absolute Gasteiger partial charge is 0.396 e. The van der Waals surface area contributed by atoms with Gasteiger partial charge in [0.25, 0.3) is 0 Å². The molecule has 0 aromatic rings. The Labute approximate surface area is 72.2 Å². The van der Waals surface area contributed by atoms with Crippen molar-refractivity contribution in [3.8, 4) is 0 Å². The van der Waals surface area contributed by atoms with Crippen molar-refractivity contribution in [2.45, 2.75) is 38.1 Å². The lowest BCUT2D eigenvalue weighted by molar-refractivity contribution is -0.182. The summed E-state index contributed by atoms with van der Waals surface area (Å²) in [6.45, 7) is 2.15. The van der Waals surface area contributed by atoms with Gasteiger partial charge in [0.2, 0.25) is 5.91 Å². The Balaban J connectivity index is 1.84. The maximum absolute atomic E-state index is 11.1. The van der Waals surface area contributed by atoms with Gasteiger partial charge in [-0.3, -0.25) is 4.79 Å². The van der Waals surface area contributed by atoms with Crippen molar-refractivity contribution in [2.24, 2.45) is 5.41 Å². The quantitative estimate of drug-likeness (QED) is 0.643. The van der Waals surface area contributed by atoms with E-state index in [4.69, 9.17) is 5.11 Å². The maximum Gasteiger partial charge on any atom is 0.220 e. The zero-order valence-electron chi connectivity index (χ0n) is 7.39. The van der Waals surface area contributed by atoms with Crippen LogP contribution in [0.2, 0.25) is 0 Å². The van der Waals surface area contributed by atoms with Crippen LogP contribution in [0.3, 0.4) is 0 Å². The molecule has 0 spiro atoms. The van der Waals surface area contributed by atoms with E-state index in [1.165, 1.54) is 0 Å². The average Bonchev–Trinajstić information content (AvgIpc) is 1.93. The van der Waals surface area contributed by atoms with Crippen LogP contribution >= 0.6 is 0 Å². The van der Waals surface area contributed by atoms with Crippen LogP contribution < -0.4 is 5.32 Å². The zero-order chi connectivity index (χ0) is 8.82. The molecule has 12 heavy (non-hydrogen) atoms. The molecule has 3 fully saturated rings. The fourth-order valence-corrected chi connectivity index (χ4v) is 2.68. The fraction of sp³-hybridized carbons (Fsp3) is 0.889. The van der Waals surface area contributed by atoms with Gasteiger partial charge in [-0.05, 0) is 19.3 Å². The molecule has 2 bridgehead atoms. The van der Waals surface area contributed by atoms with E-state index in [-0.39, 0.29) is 23.5 Å². The molecule has 3 aliphatic carbocycles. The lowest BCUT2D eigenvalue weighted by atomic mass is 9.39. The summed E-state index contributed by atoms with van der Waals surface area (Å²) in [7, 11) is 0. The van der Waals surface area contributed by atoms with Crippen LogP contribution in [0.4, 0.5) is 0 Å². The molecule has 0 atom stereocenters. The Morgan fingerprint density at radius 2 is 2.08 bits per heavy atom. The monoisotopic (exact) mass is 169 g/mol. The minimum absolute atomic E-state index is 0.0931. The van der Waals surface area contributed by atoms with Crippen molar-refractivity contribution >= 4 is 5.91 Å². The first-order valence-electron chi connectivity index (χ1n) is 4.56. The normalized spacial score (nSPS) is 42.8. The number of nitrogens with one attached hydrogen (secondary N) is 1. The first kappa shape index (κ1) is 8.05. The second-order valence-electron chi connectivity index (χ2n) is 4.37. The molecule has 3 rings (SSSR count). The molecule has 3 aliphatic rings. The van der Waals surface area contributed by atoms with E-state index in [1.54, 1.807) is 0 Å². The van der Waals surface area contributed by atoms with Gasteiger partial charge < -0.3 is 10.4 Å². The van der Waals surface area contributed by atoms with Gasteiger partial charge >= 0.3 is 0 Å². The molecule has 3 heteroatoms. The molecule has 0 heterocycles. The van der Waals surface area contributed by atoms with Gasteiger partial charge in [0, 0.05) is 24.0 Å². The van der Waals surface area contributed by atoms with Gasteiger partial charge in [-0.15, -0.1) is 0 Å². The summed E-state index contributed by atoms with van der Waals surface area (Å²) < 4.78 is 0. The van der Waals surface area contributed by atoms with Gasteiger partial charge in [-0.1, -0.05) is 6.92 Å². The summed E-state index contributed by atoms with van der Waals surface area (Å²) in [5.41, 5.74) is 0.289. The van der Waals surface area contributed by atoms with Crippen LogP contribution in [-0.4, -0.2) is 23.2 Å². The number of aliphatic hydroxyl groups excluding tert-OH is 1. The first-order valence-corrected chi connectivity index (χ1v) is 4.56. The molecule has 0 radical (unpaired) electrons. The third-order valence-electron chi connectivity index (χ3n) is 3.20. The van der Waals surface area contributed by atoms with Crippen LogP contribution in [0, 0.1) is 5.41 Å². The third kappa shape index (κ3) is 0.891. The maximum atomic E-state index is 11.1. The van der Waals surface area contributed by atoms with Crippen molar-refractivity contribution in [1.29, 1.82) is 0 Å². The molecular formula is C9H15NO2. The highest BCUT2D eigenvalue weighted by molar-refractivity contribution is 5.77. The van der Waals surface area contributed by atoms with E-state index in [0.29, 0.717) is 6.42 Å². The number of rotatable bonds is 3. The highest BCUT2D eigenvalue weighted by atomic mass is 16.3. The summed E-state index contributed by atoms with van der Waals surface area (Å²) in [6, 6.07) is 0. The van der Waals surface area contributed by atoms with Gasteiger partial charge in [-0.25, -0.2) is 0 Å². The summed E-state index contributed by atoms with van der Waals surface area (Å²) in [5.74, 6) is 0.140. The second kappa shape index (κ2) is 2.22. The molecule has 2 N–H and O–H groups in total. The van der Waals surface area contributed by atoms with Crippen molar-refractivity contribution in [3.63, 3.8) is 0 Å². The smallest absolute Gasteiger partial charge is 0.220 e. The van der Waals surface area contributed by atoms with Crippen LogP contribution in [0.1, 0.15) is 32.6 Å². The van der Waals surface area contributed by atoms with E-state index >= 15 is 0 Å². The Bertz CT molecular complexity index is 205. The van der Waals surface area contributed by atoms with Crippen molar-refractivity contribution in [1.82, 2.24) is 5.32 Å². The van der Waals surface area contributed by atoms with Crippen LogP contribution in [0.5, 0.6) is 0 Å². The van der Waals surface area contributed by atoms with Crippen molar-refractivity contribution < 1.29 is 9.90 Å². The Morgan fingerprint density at radius 1 is 1.50 bits per heavy atom. The average molecular weight is 169 g/mol. The summed E-state index contributed by atoms with van der Waals surface area (Å²) in [4.78, 5) is 11.1. The van der Waals surface area contributed by atoms with E-state index < -0.39 is 0 Å². The predicted octanol–water partition coefficient (Wildman–Crippen LogP) is 0.428. The van der Waals surface area contributed by atoms with Crippen molar-refractivity contribution in [2.75, 3.05) is 6.61 Å². The van der Waals surface area contributed by atoms with E-state index in [9.17, 15) is 4.79 Å². The van der Waals surface area contributed by atoms with E-state index in [0.717, 1.165) is 19.3 Å². The number of amides is 1. The lowest BCUT2D eigenvalue weighted by Crippen LogP contribution is -2.75. The number of hydrogen-bond donors (Lipinski definition) is 2. The SMILES string of the molecule is CCC(=O)NC12CC(CO)(C1)C2. The Hall–Kier alpha value is -0.570. The molecule has 0 saturated heterocycles. The van der Waals surface area contributed by atoms with Gasteiger partial charge in [0.05, 0.1) is 0 Å². The molecule has 0 aliphatic heterocycles. The molecule has 3 nitrogen and oxygen atoms in total. The highest BCUT2D eigenvalue weighted by Crippen LogP contribution is 2.66. The van der Waals surface area contributed by atoms with Crippen LogP contribution in [-0.2, 0) is 4.79 Å². The second-order valence-corrected chi connectivity index (χ2v) is 4.37. The van der Waals surface area contributed by atoms with Gasteiger partial charge in [0.15, 0.2) is 0 Å². The minimum Gasteiger partial charge on any atom is -0.396 e. The number of carbonyl (C=O) groups excluding carboxylic acids is 1. The number of aliphatic hydroxyl groups is 1. The molecule has 1 amide bonds. The number of hydrogen-bond acceptors (Lipinski definition) is 2. The number of carbonyl (C=O) groups is 1. The summed E-state index contributed by atoms with van der Waals surface area (Å²) >= 11 is 0. The van der Waals surface area contributed by atoms with Crippen LogP contribution in [0.15, 0.2) is 0 Å². The van der Waals surface area contributed by atoms with E-state index in [2.05, 4.69) is 5.32 Å². The molecule has 68 valence electrons. The Kier molecular flexibility index (Phi) is 1.49. The standard InChI is InChI=1S/C9H15NO2/c1-2-7(12)10-9-3-8(4-9,5-9)6-11/h11H,2-6H2,1H3,(H,10,12). The van der Waals surface area contributed by atoms with E-state index in [1.807, 2.05) is 6.92 Å². The zero-order valence-corrected chi connectivity index (χ0v) is 7.39. The third-order valence-corrected chi connectivity index (χ3v) is 3.20. The molecule has 3 saturated carbocycles. The summed E-state index contributed by atoms with van der Waals surface area (Å²) in [5, 5.41) is 12.0. The van der Waals surface area contributed by atoms with Crippen LogP contribution in [0.25, 0.3) is 0 Å². The fourth-order valence-electron chi connectivity index (χ4n) is 2.68. The topological polar surface area (TPSA) is 49.3 Å². The highest BCUT2D eigenvalue weighted by Gasteiger charge is 2.67. The first-order chi connectivity index (χ1) is 5.64. The Morgan fingerprint density at radius 3 is 2.50 bits per heavy atom. The molecular weight excluding hydrogens is 154 g/mol. The minimum atomic E-state index is 0.0931. The van der Waals surface area contributed by atoms with Crippen molar-refractivity contribution in [3.05, 3.63) is 0 Å². The molecule has 0 aromatic heterocycles. The lowest BCUT2D eigenvalue weighted by Gasteiger charge is -2.70. The summed E-state index contributed by atoms with van der Waals surface area (Å²) in [6.07, 6.45) is 3.53. The van der Waals surface area contributed by atoms with Gasteiger partial charge in [0.1, 0.15) is 0 Å².